The van der Waals surface area contributed by atoms with Crippen LogP contribution in [0.15, 0.2) is 78.9 Å². The molecule has 0 bridgehead atoms. The van der Waals surface area contributed by atoms with Crippen LogP contribution in [0.2, 0.25) is 0 Å². The molecule has 0 saturated heterocycles. The van der Waals surface area contributed by atoms with Crippen molar-refractivity contribution in [1.29, 1.82) is 0 Å². The Labute approximate surface area is 190 Å². The van der Waals surface area contributed by atoms with E-state index in [1.807, 2.05) is 19.1 Å². The second-order valence-electron chi connectivity index (χ2n) is 7.42. The summed E-state index contributed by atoms with van der Waals surface area (Å²) in [6.45, 7) is 2.43. The van der Waals surface area contributed by atoms with E-state index in [1.54, 1.807) is 42.5 Å². The van der Waals surface area contributed by atoms with Crippen molar-refractivity contribution in [3.8, 4) is 0 Å². The highest BCUT2D eigenvalue weighted by Gasteiger charge is 2.30. The summed E-state index contributed by atoms with van der Waals surface area (Å²) < 4.78 is 39.0. The number of hydrogen-bond donors (Lipinski definition) is 2. The predicted octanol–water partition coefficient (Wildman–Crippen LogP) is 5.87. The van der Waals surface area contributed by atoms with Crippen LogP contribution in [0.3, 0.4) is 0 Å². The average Bonchev–Trinajstić information content (AvgIpc) is 2.79. The van der Waals surface area contributed by atoms with Gasteiger partial charge in [-0.15, -0.1) is 0 Å². The molecule has 0 aromatic heterocycles. The number of halogens is 3. The zero-order chi connectivity index (χ0) is 23.8. The third kappa shape index (κ3) is 6.58. The van der Waals surface area contributed by atoms with E-state index in [1.165, 1.54) is 17.0 Å². The van der Waals surface area contributed by atoms with Crippen LogP contribution in [0.4, 0.5) is 29.3 Å². The Balaban J connectivity index is 1.65. The molecule has 0 aliphatic rings. The van der Waals surface area contributed by atoms with Crippen molar-refractivity contribution in [1.82, 2.24) is 5.32 Å². The first-order valence-corrected chi connectivity index (χ1v) is 10.4. The Morgan fingerprint density at radius 2 is 1.61 bits per heavy atom. The molecule has 0 heterocycles. The number of carbonyl (C=O) groups is 2. The number of anilines is 2. The van der Waals surface area contributed by atoms with Gasteiger partial charge in [0.25, 0.3) is 5.91 Å². The van der Waals surface area contributed by atoms with E-state index in [4.69, 9.17) is 0 Å². The Hall–Kier alpha value is -3.81. The highest BCUT2D eigenvalue weighted by Crippen LogP contribution is 2.30. The lowest BCUT2D eigenvalue weighted by atomic mass is 10.1. The quantitative estimate of drug-likeness (QED) is 0.438. The molecule has 0 saturated carbocycles. The Morgan fingerprint density at radius 3 is 2.30 bits per heavy atom. The minimum Gasteiger partial charge on any atom is -0.352 e. The van der Waals surface area contributed by atoms with Crippen molar-refractivity contribution in [2.45, 2.75) is 19.5 Å². The van der Waals surface area contributed by atoms with Gasteiger partial charge in [-0.3, -0.25) is 9.69 Å². The molecule has 3 aromatic carbocycles. The first-order chi connectivity index (χ1) is 15.8. The van der Waals surface area contributed by atoms with Crippen LogP contribution in [0.25, 0.3) is 0 Å². The fourth-order valence-corrected chi connectivity index (χ4v) is 3.28. The van der Waals surface area contributed by atoms with Gasteiger partial charge in [-0.05, 0) is 55.3 Å². The average molecular weight is 455 g/mol. The number of urea groups is 1. The van der Waals surface area contributed by atoms with E-state index >= 15 is 0 Å². The molecule has 3 amide bonds. The molecular formula is C25H24F3N3O2. The topological polar surface area (TPSA) is 61.4 Å². The van der Waals surface area contributed by atoms with Crippen molar-refractivity contribution in [2.75, 3.05) is 23.3 Å². The number of amides is 3. The lowest BCUT2D eigenvalue weighted by molar-refractivity contribution is -0.137. The van der Waals surface area contributed by atoms with Crippen molar-refractivity contribution >= 4 is 23.3 Å². The van der Waals surface area contributed by atoms with Gasteiger partial charge in [-0.1, -0.05) is 42.5 Å². The Bertz CT molecular complexity index is 1100. The summed E-state index contributed by atoms with van der Waals surface area (Å²) in [7, 11) is 0. The highest BCUT2D eigenvalue weighted by molar-refractivity contribution is 6.01. The van der Waals surface area contributed by atoms with Crippen molar-refractivity contribution < 1.29 is 22.8 Å². The summed E-state index contributed by atoms with van der Waals surface area (Å²) in [5, 5.41) is 5.37. The molecule has 3 aromatic rings. The summed E-state index contributed by atoms with van der Waals surface area (Å²) in [4.78, 5) is 26.7. The SMILES string of the molecule is Cc1ccccc1C(=O)NCCCN(C(=O)Nc1cccc(C(F)(F)F)c1)c1ccccc1. The van der Waals surface area contributed by atoms with Crippen LogP contribution in [-0.4, -0.2) is 25.0 Å². The molecule has 0 aliphatic carbocycles. The zero-order valence-corrected chi connectivity index (χ0v) is 18.0. The van der Waals surface area contributed by atoms with Gasteiger partial charge >= 0.3 is 12.2 Å². The molecule has 5 nitrogen and oxygen atoms in total. The standard InChI is InChI=1S/C25H24F3N3O2/c1-18-9-5-6-14-22(18)23(32)29-15-8-16-31(21-12-3-2-4-13-21)24(33)30-20-11-7-10-19(17-20)25(26,27)28/h2-7,9-14,17H,8,15-16H2,1H3,(H,29,32)(H,30,33). The summed E-state index contributed by atoms with van der Waals surface area (Å²) in [5.41, 5.74) is 1.24. The van der Waals surface area contributed by atoms with Crippen molar-refractivity contribution in [3.63, 3.8) is 0 Å². The van der Waals surface area contributed by atoms with E-state index in [-0.39, 0.29) is 18.1 Å². The number of carbonyl (C=O) groups excluding carboxylic acids is 2. The first kappa shape index (κ1) is 23.8. The molecule has 0 unspecified atom stereocenters. The minimum absolute atomic E-state index is 0.0450. The number of nitrogens with one attached hydrogen (secondary N) is 2. The fraction of sp³-hybridized carbons (Fsp3) is 0.200. The lowest BCUT2D eigenvalue weighted by Gasteiger charge is -2.23. The lowest BCUT2D eigenvalue weighted by Crippen LogP contribution is -2.37. The van der Waals surface area contributed by atoms with Crippen molar-refractivity contribution in [3.05, 3.63) is 95.6 Å². The van der Waals surface area contributed by atoms with Crippen LogP contribution in [0.5, 0.6) is 0 Å². The molecular weight excluding hydrogens is 431 g/mol. The van der Waals surface area contributed by atoms with Crippen LogP contribution in [0, 0.1) is 6.92 Å². The van der Waals surface area contributed by atoms with Gasteiger partial charge < -0.3 is 10.6 Å². The van der Waals surface area contributed by atoms with Gasteiger partial charge in [0.05, 0.1) is 5.56 Å². The number of aryl methyl sites for hydroxylation is 1. The van der Waals surface area contributed by atoms with E-state index in [2.05, 4.69) is 10.6 Å². The molecule has 2 N–H and O–H groups in total. The maximum Gasteiger partial charge on any atom is 0.416 e. The van der Waals surface area contributed by atoms with Gasteiger partial charge in [0.2, 0.25) is 0 Å². The highest BCUT2D eigenvalue weighted by atomic mass is 19.4. The molecule has 0 aliphatic heterocycles. The largest absolute Gasteiger partial charge is 0.416 e. The van der Waals surface area contributed by atoms with Gasteiger partial charge in [0.15, 0.2) is 0 Å². The number of benzene rings is 3. The molecule has 172 valence electrons. The maximum atomic E-state index is 13.0. The molecule has 3 rings (SSSR count). The monoisotopic (exact) mass is 455 g/mol. The van der Waals surface area contributed by atoms with E-state index in [9.17, 15) is 22.8 Å². The van der Waals surface area contributed by atoms with Crippen LogP contribution < -0.4 is 15.5 Å². The van der Waals surface area contributed by atoms with E-state index in [0.29, 0.717) is 24.2 Å². The van der Waals surface area contributed by atoms with Gasteiger partial charge in [-0.2, -0.15) is 13.2 Å². The molecule has 0 spiro atoms. The number of hydrogen-bond acceptors (Lipinski definition) is 2. The van der Waals surface area contributed by atoms with E-state index < -0.39 is 17.8 Å². The first-order valence-electron chi connectivity index (χ1n) is 10.4. The van der Waals surface area contributed by atoms with Crippen molar-refractivity contribution in [2.24, 2.45) is 0 Å². The fourth-order valence-electron chi connectivity index (χ4n) is 3.28. The summed E-state index contributed by atoms with van der Waals surface area (Å²) in [6, 6.07) is 19.9. The Kier molecular flexibility index (Phi) is 7.71. The molecule has 8 heteroatoms. The summed E-state index contributed by atoms with van der Waals surface area (Å²) in [5.74, 6) is -0.201. The normalized spacial score (nSPS) is 11.0. The maximum absolute atomic E-state index is 13.0. The van der Waals surface area contributed by atoms with Crippen LogP contribution in [0.1, 0.15) is 27.9 Å². The molecule has 33 heavy (non-hydrogen) atoms. The number of nitrogens with zero attached hydrogens (tertiary/aromatic N) is 1. The molecule has 0 radical (unpaired) electrons. The van der Waals surface area contributed by atoms with E-state index in [0.717, 1.165) is 17.7 Å². The number of rotatable bonds is 7. The predicted molar refractivity (Wildman–Crippen MR) is 122 cm³/mol. The van der Waals surface area contributed by atoms with Gasteiger partial charge in [-0.25, -0.2) is 4.79 Å². The zero-order valence-electron chi connectivity index (χ0n) is 18.0. The Morgan fingerprint density at radius 1 is 0.909 bits per heavy atom. The summed E-state index contributed by atoms with van der Waals surface area (Å²) >= 11 is 0. The molecule has 0 atom stereocenters. The molecule has 0 fully saturated rings. The third-order valence-electron chi connectivity index (χ3n) is 4.99. The van der Waals surface area contributed by atoms with Gasteiger partial charge in [0.1, 0.15) is 0 Å². The smallest absolute Gasteiger partial charge is 0.352 e. The second kappa shape index (κ2) is 10.7. The van der Waals surface area contributed by atoms with Gasteiger partial charge in [0, 0.05) is 30.0 Å². The summed E-state index contributed by atoms with van der Waals surface area (Å²) in [6.07, 6.45) is -4.06. The number of para-hydroxylation sites is 1. The second-order valence-corrected chi connectivity index (χ2v) is 7.42. The van der Waals surface area contributed by atoms with Crippen LogP contribution >= 0.6 is 0 Å². The number of alkyl halides is 3. The third-order valence-corrected chi connectivity index (χ3v) is 4.99. The minimum atomic E-state index is -4.50. The van der Waals surface area contributed by atoms with Crippen LogP contribution in [-0.2, 0) is 6.18 Å².